The highest BCUT2D eigenvalue weighted by atomic mass is 35.5. The second-order valence-electron chi connectivity index (χ2n) is 5.49. The topological polar surface area (TPSA) is 38.3 Å². The van der Waals surface area contributed by atoms with E-state index >= 15 is 0 Å². The first kappa shape index (κ1) is 18.9. The fourth-order valence-corrected chi connectivity index (χ4v) is 2.33. The summed E-state index contributed by atoms with van der Waals surface area (Å²) in [7, 11) is 0. The summed E-state index contributed by atoms with van der Waals surface area (Å²) in [5, 5.41) is 4.07. The molecule has 0 radical (unpaired) electrons. The van der Waals surface area contributed by atoms with E-state index in [0.717, 1.165) is 42.1 Å². The Kier molecular flexibility index (Phi) is 7.88. The second-order valence-corrected chi connectivity index (χ2v) is 5.93. The molecule has 0 aliphatic rings. The lowest BCUT2D eigenvalue weighted by Gasteiger charge is -2.06. The Labute approximate surface area is 154 Å². The molecule has 2 aromatic rings. The Hall–Kier alpha value is -2.44. The molecule has 0 atom stereocenters. The molecule has 0 spiro atoms. The Balaban J connectivity index is 1.64. The molecule has 0 aliphatic carbocycles. The van der Waals surface area contributed by atoms with Gasteiger partial charge in [-0.2, -0.15) is 0 Å². The van der Waals surface area contributed by atoms with Crippen LogP contribution in [0, 0.1) is 11.8 Å². The number of carbonyl (C=O) groups is 1. The standard InChI is InChI=1S/C21H22ClNO2/c1-2-25-21(24)18-10-14-20(15-11-18)23-16-6-4-3-5-7-17-8-12-19(22)13-9-17/h8-15,23H,2-4,6,16H2,1H3. The van der Waals surface area contributed by atoms with Crippen molar-refractivity contribution in [1.29, 1.82) is 0 Å². The maximum absolute atomic E-state index is 11.6. The van der Waals surface area contributed by atoms with E-state index in [9.17, 15) is 4.79 Å². The van der Waals surface area contributed by atoms with Gasteiger partial charge in [-0.15, -0.1) is 0 Å². The van der Waals surface area contributed by atoms with Crippen LogP contribution in [-0.2, 0) is 4.74 Å². The summed E-state index contributed by atoms with van der Waals surface area (Å²) in [5.74, 6) is 6.03. The van der Waals surface area contributed by atoms with Gasteiger partial charge in [0.2, 0.25) is 0 Å². The minimum Gasteiger partial charge on any atom is -0.462 e. The van der Waals surface area contributed by atoms with Gasteiger partial charge in [0.1, 0.15) is 0 Å². The van der Waals surface area contributed by atoms with Gasteiger partial charge in [0.05, 0.1) is 12.2 Å². The summed E-state index contributed by atoms with van der Waals surface area (Å²) < 4.78 is 4.96. The van der Waals surface area contributed by atoms with Crippen LogP contribution in [-0.4, -0.2) is 19.1 Å². The summed E-state index contributed by atoms with van der Waals surface area (Å²) >= 11 is 5.84. The number of anilines is 1. The molecule has 0 unspecified atom stereocenters. The quantitative estimate of drug-likeness (QED) is 0.424. The zero-order chi connectivity index (χ0) is 17.9. The van der Waals surface area contributed by atoms with Crippen molar-refractivity contribution in [3.05, 3.63) is 64.7 Å². The second kappa shape index (κ2) is 10.4. The van der Waals surface area contributed by atoms with E-state index in [1.54, 1.807) is 19.1 Å². The normalized spacial score (nSPS) is 9.84. The highest BCUT2D eigenvalue weighted by Gasteiger charge is 2.04. The average molecular weight is 356 g/mol. The number of halogens is 1. The Morgan fingerprint density at radius 1 is 1.08 bits per heavy atom. The van der Waals surface area contributed by atoms with Crippen LogP contribution in [0.2, 0.25) is 5.02 Å². The third-order valence-corrected chi connectivity index (χ3v) is 3.78. The SMILES string of the molecule is CCOC(=O)c1ccc(NCCCCC#Cc2ccc(Cl)cc2)cc1. The summed E-state index contributed by atoms with van der Waals surface area (Å²) in [5.41, 5.74) is 2.56. The van der Waals surface area contributed by atoms with E-state index in [4.69, 9.17) is 16.3 Å². The number of unbranched alkanes of at least 4 members (excludes halogenated alkanes) is 2. The summed E-state index contributed by atoms with van der Waals surface area (Å²) in [6.07, 6.45) is 2.94. The lowest BCUT2D eigenvalue weighted by molar-refractivity contribution is 0.0526. The number of ether oxygens (including phenoxy) is 1. The van der Waals surface area contributed by atoms with Gasteiger partial charge in [0, 0.05) is 29.2 Å². The fraction of sp³-hybridized carbons (Fsp3) is 0.286. The number of nitrogens with one attached hydrogen (secondary N) is 1. The number of rotatable bonds is 7. The Bertz CT molecular complexity index is 727. The van der Waals surface area contributed by atoms with Gasteiger partial charge in [-0.25, -0.2) is 4.79 Å². The molecule has 0 aromatic heterocycles. The molecule has 0 heterocycles. The van der Waals surface area contributed by atoms with Crippen molar-refractivity contribution < 1.29 is 9.53 Å². The minimum absolute atomic E-state index is 0.284. The van der Waals surface area contributed by atoms with Gasteiger partial charge in [0.25, 0.3) is 0 Å². The van der Waals surface area contributed by atoms with Crippen LogP contribution in [0.5, 0.6) is 0 Å². The fourth-order valence-electron chi connectivity index (χ4n) is 2.21. The summed E-state index contributed by atoms with van der Waals surface area (Å²) in [4.78, 5) is 11.6. The smallest absolute Gasteiger partial charge is 0.338 e. The maximum atomic E-state index is 11.6. The van der Waals surface area contributed by atoms with Crippen LogP contribution < -0.4 is 5.32 Å². The van der Waals surface area contributed by atoms with Crippen molar-refractivity contribution in [2.45, 2.75) is 26.2 Å². The molecule has 4 heteroatoms. The van der Waals surface area contributed by atoms with Crippen LogP contribution >= 0.6 is 11.6 Å². The molecule has 0 saturated carbocycles. The lowest BCUT2D eigenvalue weighted by atomic mass is 10.2. The number of carbonyl (C=O) groups excluding carboxylic acids is 1. The van der Waals surface area contributed by atoms with E-state index in [1.165, 1.54) is 0 Å². The molecule has 0 aliphatic heterocycles. The van der Waals surface area contributed by atoms with Crippen molar-refractivity contribution in [2.24, 2.45) is 0 Å². The van der Waals surface area contributed by atoms with Crippen LogP contribution in [0.15, 0.2) is 48.5 Å². The third kappa shape index (κ3) is 6.91. The van der Waals surface area contributed by atoms with Crippen LogP contribution in [0.4, 0.5) is 5.69 Å². The predicted molar refractivity (Wildman–Crippen MR) is 103 cm³/mol. The van der Waals surface area contributed by atoms with E-state index < -0.39 is 0 Å². The van der Waals surface area contributed by atoms with Crippen molar-refractivity contribution in [3.8, 4) is 11.8 Å². The molecular weight excluding hydrogens is 334 g/mol. The number of esters is 1. The first-order valence-electron chi connectivity index (χ1n) is 8.44. The number of benzene rings is 2. The highest BCUT2D eigenvalue weighted by Crippen LogP contribution is 2.11. The van der Waals surface area contributed by atoms with Gasteiger partial charge in [-0.05, 0) is 68.3 Å². The predicted octanol–water partition coefficient (Wildman–Crippen LogP) is 5.15. The lowest BCUT2D eigenvalue weighted by Crippen LogP contribution is -2.05. The maximum Gasteiger partial charge on any atom is 0.338 e. The summed E-state index contributed by atoms with van der Waals surface area (Å²) in [6.45, 7) is 3.06. The van der Waals surface area contributed by atoms with Crippen LogP contribution in [0.1, 0.15) is 42.1 Å². The molecule has 0 saturated heterocycles. The van der Waals surface area contributed by atoms with Gasteiger partial charge in [-0.3, -0.25) is 0 Å². The molecule has 2 aromatic carbocycles. The Morgan fingerprint density at radius 3 is 2.48 bits per heavy atom. The van der Waals surface area contributed by atoms with Crippen molar-refractivity contribution in [1.82, 2.24) is 0 Å². The van der Waals surface area contributed by atoms with E-state index in [-0.39, 0.29) is 5.97 Å². The van der Waals surface area contributed by atoms with Gasteiger partial charge in [-0.1, -0.05) is 23.4 Å². The van der Waals surface area contributed by atoms with Gasteiger partial charge < -0.3 is 10.1 Å². The zero-order valence-corrected chi connectivity index (χ0v) is 15.1. The molecule has 2 rings (SSSR count). The molecule has 1 N–H and O–H groups in total. The molecule has 0 fully saturated rings. The van der Waals surface area contributed by atoms with Crippen molar-refractivity contribution in [3.63, 3.8) is 0 Å². The zero-order valence-electron chi connectivity index (χ0n) is 14.3. The van der Waals surface area contributed by atoms with E-state index in [0.29, 0.717) is 12.2 Å². The largest absolute Gasteiger partial charge is 0.462 e. The third-order valence-electron chi connectivity index (χ3n) is 3.53. The van der Waals surface area contributed by atoms with E-state index in [1.807, 2.05) is 36.4 Å². The van der Waals surface area contributed by atoms with Crippen LogP contribution in [0.25, 0.3) is 0 Å². The number of hydrogen-bond donors (Lipinski definition) is 1. The first-order valence-corrected chi connectivity index (χ1v) is 8.82. The Morgan fingerprint density at radius 2 is 1.80 bits per heavy atom. The van der Waals surface area contributed by atoms with Gasteiger partial charge >= 0.3 is 5.97 Å². The average Bonchev–Trinajstić information content (AvgIpc) is 2.63. The molecule has 0 amide bonds. The molecular formula is C21H22ClNO2. The molecule has 130 valence electrons. The monoisotopic (exact) mass is 355 g/mol. The van der Waals surface area contributed by atoms with Crippen molar-refractivity contribution in [2.75, 3.05) is 18.5 Å². The number of hydrogen-bond acceptors (Lipinski definition) is 3. The molecule has 0 bridgehead atoms. The highest BCUT2D eigenvalue weighted by molar-refractivity contribution is 6.30. The first-order chi connectivity index (χ1) is 12.2. The minimum atomic E-state index is -0.284. The summed E-state index contributed by atoms with van der Waals surface area (Å²) in [6, 6.07) is 14.9. The molecule has 3 nitrogen and oxygen atoms in total. The van der Waals surface area contributed by atoms with E-state index in [2.05, 4.69) is 17.2 Å². The molecule has 25 heavy (non-hydrogen) atoms. The van der Waals surface area contributed by atoms with Crippen LogP contribution in [0.3, 0.4) is 0 Å². The van der Waals surface area contributed by atoms with Gasteiger partial charge in [0.15, 0.2) is 0 Å². The van der Waals surface area contributed by atoms with Crippen molar-refractivity contribution >= 4 is 23.3 Å².